The number of carbonyl (C=O) groups is 1. The molecular weight excluding hydrogens is 160 g/mol. The van der Waals surface area contributed by atoms with E-state index in [1.54, 1.807) is 0 Å². The van der Waals surface area contributed by atoms with Gasteiger partial charge in [-0.15, -0.1) is 0 Å². The molecule has 1 fully saturated rings. The lowest BCUT2D eigenvalue weighted by Gasteiger charge is -1.91. The van der Waals surface area contributed by atoms with E-state index in [9.17, 15) is 4.79 Å². The van der Waals surface area contributed by atoms with Gasteiger partial charge in [0.15, 0.2) is 10.8 Å². The van der Waals surface area contributed by atoms with Crippen LogP contribution in [-0.4, -0.2) is 17.4 Å². The third-order valence-electron chi connectivity index (χ3n) is 0.866. The zero-order chi connectivity index (χ0) is 5.28. The zero-order valence-electron chi connectivity index (χ0n) is 3.69. The van der Waals surface area contributed by atoms with Gasteiger partial charge in [0.05, 0.1) is 6.61 Å². The highest BCUT2D eigenvalue weighted by Crippen LogP contribution is 2.12. The molecule has 1 rings (SSSR count). The molecule has 40 valence electrons. The number of Topliss-reactive ketones (excluding diaryl/α,β-unsaturated/α-hetero) is 1. The Hall–Kier alpha value is 0.110. The van der Waals surface area contributed by atoms with Gasteiger partial charge in [-0.2, -0.15) is 0 Å². The highest BCUT2D eigenvalue weighted by atomic mass is 79.9. The van der Waals surface area contributed by atoms with Gasteiger partial charge in [0.25, 0.3) is 0 Å². The average molecular weight is 165 g/mol. The van der Waals surface area contributed by atoms with Gasteiger partial charge in [-0.25, -0.2) is 0 Å². The Balaban J connectivity index is 2.48. The summed E-state index contributed by atoms with van der Waals surface area (Å²) in [6, 6.07) is 0. The van der Waals surface area contributed by atoms with E-state index >= 15 is 0 Å². The van der Waals surface area contributed by atoms with Gasteiger partial charge in [0.1, 0.15) is 0 Å². The Bertz CT molecular complexity index is 91.7. The van der Waals surface area contributed by atoms with Crippen LogP contribution in [0.1, 0.15) is 6.42 Å². The smallest absolute Gasteiger partial charge is 0.174 e. The third-order valence-corrected chi connectivity index (χ3v) is 1.64. The highest BCUT2D eigenvalue weighted by Gasteiger charge is 2.20. The molecule has 0 saturated carbocycles. The third kappa shape index (κ3) is 1.01. The highest BCUT2D eigenvalue weighted by molar-refractivity contribution is 9.09. The normalized spacial score (nSPS) is 31.6. The van der Waals surface area contributed by atoms with Crippen LogP contribution < -0.4 is 0 Å². The lowest BCUT2D eigenvalue weighted by Crippen LogP contribution is -2.03. The summed E-state index contributed by atoms with van der Waals surface area (Å²) in [5.74, 6) is 0.153. The van der Waals surface area contributed by atoms with Gasteiger partial charge < -0.3 is 4.74 Å². The number of hydrogen-bond donors (Lipinski definition) is 0. The van der Waals surface area contributed by atoms with E-state index in [1.165, 1.54) is 0 Å². The second-order valence-electron chi connectivity index (χ2n) is 1.40. The molecule has 0 spiro atoms. The van der Waals surface area contributed by atoms with Crippen LogP contribution in [0.15, 0.2) is 0 Å². The molecule has 0 unspecified atom stereocenters. The number of halogens is 1. The van der Waals surface area contributed by atoms with Gasteiger partial charge in [-0.3, -0.25) is 4.79 Å². The van der Waals surface area contributed by atoms with E-state index in [2.05, 4.69) is 15.9 Å². The van der Waals surface area contributed by atoms with Crippen LogP contribution >= 0.6 is 15.9 Å². The fourth-order valence-corrected chi connectivity index (χ4v) is 0.885. The molecule has 0 aromatic carbocycles. The monoisotopic (exact) mass is 164 g/mol. The minimum atomic E-state index is -0.313. The Kier molecular flexibility index (Phi) is 1.44. The average Bonchev–Trinajstić information content (AvgIpc) is 1.91. The first kappa shape index (κ1) is 5.25. The molecule has 1 heterocycles. The van der Waals surface area contributed by atoms with Crippen molar-refractivity contribution in [2.45, 2.75) is 11.4 Å². The lowest BCUT2D eigenvalue weighted by molar-refractivity contribution is -0.118. The maximum absolute atomic E-state index is 10.4. The molecule has 2 nitrogen and oxygen atoms in total. The molecule has 0 bridgehead atoms. The molecule has 0 aromatic rings. The van der Waals surface area contributed by atoms with Crippen molar-refractivity contribution < 1.29 is 9.53 Å². The second-order valence-corrected chi connectivity index (χ2v) is 2.23. The largest absolute Gasteiger partial charge is 0.359 e. The molecular formula is C4H5BrO2. The van der Waals surface area contributed by atoms with Crippen molar-refractivity contribution >= 4 is 21.7 Å². The molecule has 0 N–H and O–H groups in total. The van der Waals surface area contributed by atoms with E-state index in [1.807, 2.05) is 0 Å². The number of ketones is 1. The Morgan fingerprint density at radius 3 is 2.71 bits per heavy atom. The number of ether oxygens (including phenoxy) is 1. The summed E-state index contributed by atoms with van der Waals surface area (Å²) < 4.78 is 4.83. The summed E-state index contributed by atoms with van der Waals surface area (Å²) in [5.41, 5.74) is 0. The maximum atomic E-state index is 10.4. The van der Waals surface area contributed by atoms with Crippen molar-refractivity contribution in [3.63, 3.8) is 0 Å². The van der Waals surface area contributed by atoms with Crippen LogP contribution in [-0.2, 0) is 9.53 Å². The summed E-state index contributed by atoms with van der Waals surface area (Å²) in [4.78, 5) is 10.4. The number of alkyl halides is 1. The molecule has 7 heavy (non-hydrogen) atoms. The van der Waals surface area contributed by atoms with Crippen LogP contribution in [0.2, 0.25) is 0 Å². The van der Waals surface area contributed by atoms with Gasteiger partial charge in [0.2, 0.25) is 0 Å². The van der Waals surface area contributed by atoms with E-state index in [0.717, 1.165) is 0 Å². The molecule has 3 heteroatoms. The summed E-state index contributed by atoms with van der Waals surface area (Å²) in [6.45, 7) is 0.578. The number of rotatable bonds is 0. The fourth-order valence-electron chi connectivity index (χ4n) is 0.469. The minimum absolute atomic E-state index is 0.153. The standard InChI is InChI=1S/C4H5BrO2/c5-4-3(6)1-2-7-4/h4H,1-2H2/t4-/m0/s1. The molecule has 1 saturated heterocycles. The van der Waals surface area contributed by atoms with E-state index in [-0.39, 0.29) is 10.8 Å². The van der Waals surface area contributed by atoms with Crippen molar-refractivity contribution in [3.05, 3.63) is 0 Å². The summed E-state index contributed by atoms with van der Waals surface area (Å²) >= 11 is 3.03. The Morgan fingerprint density at radius 2 is 2.57 bits per heavy atom. The molecule has 1 atom stereocenters. The van der Waals surface area contributed by atoms with Gasteiger partial charge >= 0.3 is 0 Å². The SMILES string of the molecule is O=C1CCO[C@@H]1Br. The van der Waals surface area contributed by atoms with Crippen molar-refractivity contribution in [1.29, 1.82) is 0 Å². The molecule has 0 radical (unpaired) electrons. The van der Waals surface area contributed by atoms with Gasteiger partial charge in [-0.05, 0) is 15.9 Å². The Morgan fingerprint density at radius 1 is 1.86 bits per heavy atom. The summed E-state index contributed by atoms with van der Waals surface area (Å²) in [5, 5.41) is -0.313. The Labute approximate surface area is 50.0 Å². The van der Waals surface area contributed by atoms with E-state index in [0.29, 0.717) is 13.0 Å². The number of hydrogen-bond acceptors (Lipinski definition) is 2. The fraction of sp³-hybridized carbons (Fsp3) is 0.750. The molecule has 0 aliphatic carbocycles. The van der Waals surface area contributed by atoms with E-state index in [4.69, 9.17) is 4.74 Å². The summed E-state index contributed by atoms with van der Waals surface area (Å²) in [7, 11) is 0. The molecule has 1 aliphatic heterocycles. The number of carbonyl (C=O) groups excluding carboxylic acids is 1. The van der Waals surface area contributed by atoms with Crippen LogP contribution in [0, 0.1) is 0 Å². The quantitative estimate of drug-likeness (QED) is 0.493. The lowest BCUT2D eigenvalue weighted by atomic mass is 10.4. The maximum Gasteiger partial charge on any atom is 0.174 e. The molecule has 0 amide bonds. The summed E-state index contributed by atoms with van der Waals surface area (Å²) in [6.07, 6.45) is 0.565. The van der Waals surface area contributed by atoms with Crippen LogP contribution in [0.4, 0.5) is 0 Å². The van der Waals surface area contributed by atoms with Crippen LogP contribution in [0.25, 0.3) is 0 Å². The predicted octanol–water partition coefficient (Wildman–Crippen LogP) is 0.697. The first-order valence-electron chi connectivity index (χ1n) is 2.09. The van der Waals surface area contributed by atoms with Crippen LogP contribution in [0.5, 0.6) is 0 Å². The first-order chi connectivity index (χ1) is 3.30. The molecule has 1 aliphatic rings. The predicted molar refractivity (Wildman–Crippen MR) is 28.3 cm³/mol. The van der Waals surface area contributed by atoms with E-state index < -0.39 is 0 Å². The van der Waals surface area contributed by atoms with Crippen molar-refractivity contribution in [1.82, 2.24) is 0 Å². The van der Waals surface area contributed by atoms with Gasteiger partial charge in [-0.1, -0.05) is 0 Å². The minimum Gasteiger partial charge on any atom is -0.359 e. The van der Waals surface area contributed by atoms with Crippen LogP contribution in [0.3, 0.4) is 0 Å². The first-order valence-corrected chi connectivity index (χ1v) is 3.00. The topological polar surface area (TPSA) is 26.3 Å². The van der Waals surface area contributed by atoms with Gasteiger partial charge in [0, 0.05) is 6.42 Å². The zero-order valence-corrected chi connectivity index (χ0v) is 5.27. The van der Waals surface area contributed by atoms with Crippen molar-refractivity contribution in [3.8, 4) is 0 Å². The van der Waals surface area contributed by atoms with Crippen molar-refractivity contribution in [2.75, 3.05) is 6.61 Å². The van der Waals surface area contributed by atoms with Crippen molar-refractivity contribution in [2.24, 2.45) is 0 Å². The second kappa shape index (κ2) is 1.92. The molecule has 0 aromatic heterocycles.